The van der Waals surface area contributed by atoms with E-state index in [4.69, 9.17) is 9.47 Å². The molecule has 0 bridgehead atoms. The molecule has 0 aromatic heterocycles. The maximum Gasteiger partial charge on any atom is 0.323 e. The van der Waals surface area contributed by atoms with Gasteiger partial charge in [0.15, 0.2) is 5.41 Å². The van der Waals surface area contributed by atoms with Gasteiger partial charge in [-0.15, -0.1) is 0 Å². The summed E-state index contributed by atoms with van der Waals surface area (Å²) in [6.07, 6.45) is 1.05. The summed E-state index contributed by atoms with van der Waals surface area (Å²) in [7, 11) is 2.61. The average molecular weight is 228 g/mol. The Morgan fingerprint density at radius 1 is 1.06 bits per heavy atom. The first kappa shape index (κ1) is 13.0. The smallest absolute Gasteiger partial charge is 0.323 e. The Morgan fingerprint density at radius 3 is 1.69 bits per heavy atom. The third-order valence-electron chi connectivity index (χ3n) is 3.57. The van der Waals surface area contributed by atoms with Crippen molar-refractivity contribution in [2.45, 2.75) is 33.6 Å². The Labute approximate surface area is 96.3 Å². The number of carbonyl (C=O) groups is 2. The molecule has 0 radical (unpaired) electrons. The van der Waals surface area contributed by atoms with Crippen molar-refractivity contribution in [3.63, 3.8) is 0 Å². The van der Waals surface area contributed by atoms with E-state index >= 15 is 0 Å². The quantitative estimate of drug-likeness (QED) is 0.534. The first-order valence-electron chi connectivity index (χ1n) is 5.45. The first-order chi connectivity index (χ1) is 7.28. The van der Waals surface area contributed by atoms with E-state index in [2.05, 4.69) is 20.8 Å². The summed E-state index contributed by atoms with van der Waals surface area (Å²) in [5.41, 5.74) is -0.951. The van der Waals surface area contributed by atoms with Gasteiger partial charge >= 0.3 is 11.9 Å². The van der Waals surface area contributed by atoms with E-state index < -0.39 is 17.4 Å². The first-order valence-corrected chi connectivity index (χ1v) is 5.45. The molecule has 0 unspecified atom stereocenters. The van der Waals surface area contributed by atoms with Gasteiger partial charge in [0, 0.05) is 0 Å². The zero-order chi connectivity index (χ0) is 12.6. The van der Waals surface area contributed by atoms with Crippen LogP contribution in [0.15, 0.2) is 0 Å². The third-order valence-corrected chi connectivity index (χ3v) is 3.57. The van der Waals surface area contributed by atoms with Crippen molar-refractivity contribution >= 4 is 11.9 Å². The number of hydrogen-bond acceptors (Lipinski definition) is 4. The van der Waals surface area contributed by atoms with E-state index in [9.17, 15) is 9.59 Å². The van der Waals surface area contributed by atoms with Gasteiger partial charge in [-0.1, -0.05) is 20.8 Å². The second-order valence-electron chi connectivity index (χ2n) is 5.54. The van der Waals surface area contributed by atoms with Gasteiger partial charge in [0.25, 0.3) is 0 Å². The van der Waals surface area contributed by atoms with Crippen molar-refractivity contribution in [2.75, 3.05) is 14.2 Å². The summed E-state index contributed by atoms with van der Waals surface area (Å²) in [4.78, 5) is 23.3. The largest absolute Gasteiger partial charge is 0.468 e. The van der Waals surface area contributed by atoms with Crippen molar-refractivity contribution in [1.82, 2.24) is 0 Å². The number of hydrogen-bond donors (Lipinski definition) is 0. The summed E-state index contributed by atoms with van der Waals surface area (Å²) in [5, 5.41) is 0. The summed E-state index contributed by atoms with van der Waals surface area (Å²) in [5.74, 6) is -0.592. The molecule has 0 aromatic rings. The minimum Gasteiger partial charge on any atom is -0.468 e. The lowest BCUT2D eigenvalue weighted by Gasteiger charge is -2.48. The van der Waals surface area contributed by atoms with Gasteiger partial charge in [0.2, 0.25) is 0 Å². The van der Waals surface area contributed by atoms with E-state index in [1.54, 1.807) is 0 Å². The van der Waals surface area contributed by atoms with Crippen LogP contribution in [0.1, 0.15) is 33.6 Å². The second kappa shape index (κ2) is 4.07. The van der Waals surface area contributed by atoms with Crippen LogP contribution in [0.25, 0.3) is 0 Å². The number of carbonyl (C=O) groups excluding carboxylic acids is 2. The molecule has 1 aliphatic rings. The minimum absolute atomic E-state index is 0.103. The van der Waals surface area contributed by atoms with Gasteiger partial charge in [-0.3, -0.25) is 9.59 Å². The Bertz CT molecular complexity index is 277. The molecule has 0 heterocycles. The Hall–Kier alpha value is -1.06. The van der Waals surface area contributed by atoms with Crippen molar-refractivity contribution < 1.29 is 19.1 Å². The van der Waals surface area contributed by atoms with Crippen LogP contribution in [0.2, 0.25) is 0 Å². The summed E-state index contributed by atoms with van der Waals surface area (Å²) < 4.78 is 9.40. The van der Waals surface area contributed by atoms with E-state index in [1.165, 1.54) is 14.2 Å². The van der Waals surface area contributed by atoms with E-state index in [0.29, 0.717) is 18.8 Å². The van der Waals surface area contributed by atoms with Gasteiger partial charge in [0.1, 0.15) is 0 Å². The minimum atomic E-state index is -1.05. The van der Waals surface area contributed by atoms with Crippen LogP contribution in [-0.2, 0) is 19.1 Å². The molecular weight excluding hydrogens is 208 g/mol. The predicted molar refractivity (Wildman–Crippen MR) is 58.6 cm³/mol. The maximum atomic E-state index is 11.7. The zero-order valence-electron chi connectivity index (χ0n) is 10.6. The predicted octanol–water partition coefficient (Wildman–Crippen LogP) is 1.77. The number of ether oxygens (including phenoxy) is 2. The monoisotopic (exact) mass is 228 g/mol. The Kier molecular flexibility index (Phi) is 3.31. The van der Waals surface area contributed by atoms with Crippen LogP contribution in [-0.4, -0.2) is 26.2 Å². The molecular formula is C12H20O4. The van der Waals surface area contributed by atoms with E-state index in [1.807, 2.05) is 0 Å². The Morgan fingerprint density at radius 2 is 1.44 bits per heavy atom. The van der Waals surface area contributed by atoms with Crippen LogP contribution in [0.5, 0.6) is 0 Å². The van der Waals surface area contributed by atoms with Crippen LogP contribution >= 0.6 is 0 Å². The molecule has 1 fully saturated rings. The van der Waals surface area contributed by atoms with E-state index in [-0.39, 0.29) is 5.41 Å². The van der Waals surface area contributed by atoms with Gasteiger partial charge < -0.3 is 9.47 Å². The number of methoxy groups -OCH3 is 2. The summed E-state index contributed by atoms with van der Waals surface area (Å²) in [6.45, 7) is 6.32. The van der Waals surface area contributed by atoms with Gasteiger partial charge in [0.05, 0.1) is 14.2 Å². The van der Waals surface area contributed by atoms with Crippen LogP contribution in [0.4, 0.5) is 0 Å². The fraction of sp³-hybridized carbons (Fsp3) is 0.833. The molecule has 16 heavy (non-hydrogen) atoms. The fourth-order valence-corrected chi connectivity index (χ4v) is 2.20. The highest BCUT2D eigenvalue weighted by atomic mass is 16.5. The topological polar surface area (TPSA) is 52.6 Å². The molecule has 0 amide bonds. The van der Waals surface area contributed by atoms with Crippen LogP contribution < -0.4 is 0 Å². The molecule has 0 saturated heterocycles. The lowest BCUT2D eigenvalue weighted by Crippen LogP contribution is -2.54. The van der Waals surface area contributed by atoms with Gasteiger partial charge in [-0.25, -0.2) is 0 Å². The molecule has 4 nitrogen and oxygen atoms in total. The molecule has 0 aliphatic heterocycles. The summed E-state index contributed by atoms with van der Waals surface area (Å²) in [6, 6.07) is 0. The van der Waals surface area contributed by atoms with Gasteiger partial charge in [-0.05, 0) is 24.2 Å². The summed E-state index contributed by atoms with van der Waals surface area (Å²) >= 11 is 0. The highest BCUT2D eigenvalue weighted by Crippen LogP contribution is 2.54. The molecule has 0 aromatic carbocycles. The molecule has 92 valence electrons. The number of rotatable bonds is 2. The number of esters is 2. The molecule has 1 saturated carbocycles. The molecule has 0 spiro atoms. The highest BCUT2D eigenvalue weighted by molar-refractivity contribution is 6.01. The molecule has 4 heteroatoms. The maximum absolute atomic E-state index is 11.7. The van der Waals surface area contributed by atoms with Crippen LogP contribution in [0, 0.1) is 16.7 Å². The molecule has 0 N–H and O–H groups in total. The lowest BCUT2D eigenvalue weighted by molar-refractivity contribution is -0.183. The zero-order valence-corrected chi connectivity index (χ0v) is 10.6. The lowest BCUT2D eigenvalue weighted by atomic mass is 9.54. The van der Waals surface area contributed by atoms with Crippen molar-refractivity contribution in [2.24, 2.45) is 16.7 Å². The van der Waals surface area contributed by atoms with Gasteiger partial charge in [-0.2, -0.15) is 0 Å². The molecule has 0 atom stereocenters. The molecule has 1 aliphatic carbocycles. The SMILES string of the molecule is COC(=O)C1(C(=O)OC)CC(C(C)(C)C)C1. The van der Waals surface area contributed by atoms with Crippen molar-refractivity contribution in [3.05, 3.63) is 0 Å². The third kappa shape index (κ3) is 1.93. The molecule has 1 rings (SSSR count). The van der Waals surface area contributed by atoms with Crippen molar-refractivity contribution in [3.8, 4) is 0 Å². The highest BCUT2D eigenvalue weighted by Gasteiger charge is 2.60. The van der Waals surface area contributed by atoms with Crippen LogP contribution in [0.3, 0.4) is 0 Å². The fourth-order valence-electron chi connectivity index (χ4n) is 2.20. The Balaban J connectivity index is 2.82. The van der Waals surface area contributed by atoms with Crippen molar-refractivity contribution in [1.29, 1.82) is 0 Å². The van der Waals surface area contributed by atoms with E-state index in [0.717, 1.165) is 0 Å². The second-order valence-corrected chi connectivity index (χ2v) is 5.54. The normalized spacial score (nSPS) is 19.8. The average Bonchev–Trinajstić information content (AvgIpc) is 2.13. The standard InChI is InChI=1S/C12H20O4/c1-11(2,3)8-6-12(7-8,9(13)15-4)10(14)16-5/h8H,6-7H2,1-5H3.